The van der Waals surface area contributed by atoms with Gasteiger partial charge >= 0.3 is 0 Å². The number of anilines is 1. The fourth-order valence-electron chi connectivity index (χ4n) is 1.88. The van der Waals surface area contributed by atoms with Gasteiger partial charge in [0.05, 0.1) is 18.8 Å². The predicted octanol–water partition coefficient (Wildman–Crippen LogP) is 2.44. The number of aliphatic hydroxyl groups is 1. The van der Waals surface area contributed by atoms with E-state index in [1.54, 1.807) is 0 Å². The molecule has 0 aliphatic rings. The van der Waals surface area contributed by atoms with Gasteiger partial charge in [0.1, 0.15) is 0 Å². The van der Waals surface area contributed by atoms with Crippen LogP contribution >= 0.6 is 0 Å². The van der Waals surface area contributed by atoms with E-state index in [4.69, 9.17) is 0 Å². The maximum atomic E-state index is 9.48. The molecule has 2 aromatic rings. The van der Waals surface area contributed by atoms with Gasteiger partial charge in [0.25, 0.3) is 0 Å². The Balaban J connectivity index is 2.08. The van der Waals surface area contributed by atoms with E-state index in [2.05, 4.69) is 17.3 Å². The highest BCUT2D eigenvalue weighted by molar-refractivity contribution is 5.44. The molecule has 1 atom stereocenters. The highest BCUT2D eigenvalue weighted by Gasteiger charge is 2.12. The van der Waals surface area contributed by atoms with E-state index in [9.17, 15) is 5.11 Å². The normalized spacial score (nSPS) is 12.3. The van der Waals surface area contributed by atoms with Gasteiger partial charge in [0.15, 0.2) is 0 Å². The molecule has 0 fully saturated rings. The number of aromatic nitrogens is 2. The summed E-state index contributed by atoms with van der Waals surface area (Å²) in [7, 11) is 0. The molecule has 0 aliphatic heterocycles. The van der Waals surface area contributed by atoms with Gasteiger partial charge in [0, 0.05) is 24.0 Å². The second-order valence-electron chi connectivity index (χ2n) is 4.28. The lowest BCUT2D eigenvalue weighted by atomic mass is 10.1. The van der Waals surface area contributed by atoms with Gasteiger partial charge in [-0.15, -0.1) is 0 Å². The van der Waals surface area contributed by atoms with Crippen LogP contribution in [0, 0.1) is 0 Å². The van der Waals surface area contributed by atoms with Crippen LogP contribution in [0.15, 0.2) is 42.7 Å². The van der Waals surface area contributed by atoms with Crippen LogP contribution in [0.5, 0.6) is 0 Å². The topological polar surface area (TPSA) is 50.1 Å². The number of rotatable bonds is 6. The molecule has 4 nitrogen and oxygen atoms in total. The van der Waals surface area contributed by atoms with Crippen molar-refractivity contribution in [2.24, 2.45) is 0 Å². The van der Waals surface area contributed by atoms with Crippen LogP contribution in [0.3, 0.4) is 0 Å². The zero-order valence-corrected chi connectivity index (χ0v) is 10.6. The third kappa shape index (κ3) is 3.11. The Hall–Kier alpha value is -1.81. The van der Waals surface area contributed by atoms with Gasteiger partial charge in [-0.05, 0) is 18.6 Å². The molecule has 0 saturated carbocycles. The number of aryl methyl sites for hydroxylation is 1. The van der Waals surface area contributed by atoms with E-state index in [1.807, 2.05) is 47.4 Å². The van der Waals surface area contributed by atoms with E-state index in [0.29, 0.717) is 0 Å². The average Bonchev–Trinajstić information content (AvgIpc) is 2.86. The summed E-state index contributed by atoms with van der Waals surface area (Å²) in [5.41, 5.74) is 2.01. The fraction of sp³-hybridized carbons (Fsp3) is 0.357. The minimum Gasteiger partial charge on any atom is -0.394 e. The first-order valence-electron chi connectivity index (χ1n) is 6.28. The van der Waals surface area contributed by atoms with Crippen molar-refractivity contribution >= 4 is 5.69 Å². The molecular formula is C14H19N3O. The SMILES string of the molecule is CCCn1cc(C(CO)Nc2ccccc2)cn1. The number of hydrogen-bond acceptors (Lipinski definition) is 3. The zero-order valence-electron chi connectivity index (χ0n) is 10.6. The summed E-state index contributed by atoms with van der Waals surface area (Å²) in [6, 6.07) is 9.77. The Morgan fingerprint density at radius 3 is 2.78 bits per heavy atom. The van der Waals surface area contributed by atoms with E-state index in [-0.39, 0.29) is 12.6 Å². The number of hydrogen-bond donors (Lipinski definition) is 2. The van der Waals surface area contributed by atoms with Crippen molar-refractivity contribution in [3.05, 3.63) is 48.3 Å². The largest absolute Gasteiger partial charge is 0.394 e. The van der Waals surface area contributed by atoms with Crippen molar-refractivity contribution in [2.45, 2.75) is 25.9 Å². The molecule has 0 saturated heterocycles. The Labute approximate surface area is 107 Å². The quantitative estimate of drug-likeness (QED) is 0.822. The molecule has 0 spiro atoms. The summed E-state index contributed by atoms with van der Waals surface area (Å²) < 4.78 is 1.91. The number of para-hydroxylation sites is 1. The Bertz CT molecular complexity index is 467. The first kappa shape index (κ1) is 12.6. The van der Waals surface area contributed by atoms with Gasteiger partial charge in [-0.3, -0.25) is 4.68 Å². The first-order valence-corrected chi connectivity index (χ1v) is 6.28. The van der Waals surface area contributed by atoms with Gasteiger partial charge in [-0.2, -0.15) is 5.10 Å². The number of nitrogens with one attached hydrogen (secondary N) is 1. The first-order chi connectivity index (χ1) is 8.83. The van der Waals surface area contributed by atoms with Crippen LogP contribution in [-0.2, 0) is 6.54 Å². The standard InChI is InChI=1S/C14H19N3O/c1-2-8-17-10-12(9-15-17)14(11-18)16-13-6-4-3-5-7-13/h3-7,9-10,14,16,18H,2,8,11H2,1H3. The summed E-state index contributed by atoms with van der Waals surface area (Å²) in [6.45, 7) is 3.07. The van der Waals surface area contributed by atoms with E-state index >= 15 is 0 Å². The Morgan fingerprint density at radius 2 is 2.11 bits per heavy atom. The molecule has 18 heavy (non-hydrogen) atoms. The molecule has 2 N–H and O–H groups in total. The maximum Gasteiger partial charge on any atom is 0.0775 e. The Morgan fingerprint density at radius 1 is 1.33 bits per heavy atom. The molecule has 0 bridgehead atoms. The molecule has 96 valence electrons. The third-order valence-electron chi connectivity index (χ3n) is 2.81. The van der Waals surface area contributed by atoms with Crippen molar-refractivity contribution in [3.8, 4) is 0 Å². The third-order valence-corrected chi connectivity index (χ3v) is 2.81. The van der Waals surface area contributed by atoms with Crippen LogP contribution in [-0.4, -0.2) is 21.5 Å². The predicted molar refractivity (Wildman–Crippen MR) is 72.4 cm³/mol. The van der Waals surface area contributed by atoms with Crippen molar-refractivity contribution in [2.75, 3.05) is 11.9 Å². The molecule has 4 heteroatoms. The summed E-state index contributed by atoms with van der Waals surface area (Å²) in [6.07, 6.45) is 4.85. The minimum absolute atomic E-state index is 0.0483. The fourth-order valence-corrected chi connectivity index (χ4v) is 1.88. The van der Waals surface area contributed by atoms with Crippen LogP contribution < -0.4 is 5.32 Å². The van der Waals surface area contributed by atoms with E-state index < -0.39 is 0 Å². The summed E-state index contributed by atoms with van der Waals surface area (Å²) in [5.74, 6) is 0. The average molecular weight is 245 g/mol. The summed E-state index contributed by atoms with van der Waals surface area (Å²) >= 11 is 0. The monoisotopic (exact) mass is 245 g/mol. The van der Waals surface area contributed by atoms with Gasteiger partial charge < -0.3 is 10.4 Å². The molecular weight excluding hydrogens is 226 g/mol. The van der Waals surface area contributed by atoms with Gasteiger partial charge in [-0.25, -0.2) is 0 Å². The lowest BCUT2D eigenvalue weighted by molar-refractivity contribution is 0.276. The highest BCUT2D eigenvalue weighted by atomic mass is 16.3. The Kier molecular flexibility index (Phi) is 4.36. The molecule has 0 amide bonds. The summed E-state index contributed by atoms with van der Waals surface area (Å²) in [4.78, 5) is 0. The number of nitrogens with zero attached hydrogens (tertiary/aromatic N) is 2. The molecule has 1 heterocycles. The second-order valence-corrected chi connectivity index (χ2v) is 4.28. The van der Waals surface area contributed by atoms with Crippen LogP contribution in [0.4, 0.5) is 5.69 Å². The highest BCUT2D eigenvalue weighted by Crippen LogP contribution is 2.18. The van der Waals surface area contributed by atoms with Crippen molar-refractivity contribution in [1.29, 1.82) is 0 Å². The molecule has 0 radical (unpaired) electrons. The lowest BCUT2D eigenvalue weighted by Crippen LogP contribution is -2.14. The van der Waals surface area contributed by atoms with Gasteiger partial charge in [-0.1, -0.05) is 25.1 Å². The van der Waals surface area contributed by atoms with Crippen molar-refractivity contribution in [1.82, 2.24) is 9.78 Å². The minimum atomic E-state index is -0.113. The summed E-state index contributed by atoms with van der Waals surface area (Å²) in [5, 5.41) is 17.1. The lowest BCUT2D eigenvalue weighted by Gasteiger charge is -2.15. The van der Waals surface area contributed by atoms with Crippen LogP contribution in [0.2, 0.25) is 0 Å². The molecule has 2 rings (SSSR count). The molecule has 1 aromatic carbocycles. The number of benzene rings is 1. The zero-order chi connectivity index (χ0) is 12.8. The smallest absolute Gasteiger partial charge is 0.0775 e. The molecule has 1 aromatic heterocycles. The van der Waals surface area contributed by atoms with Crippen molar-refractivity contribution in [3.63, 3.8) is 0 Å². The van der Waals surface area contributed by atoms with E-state index in [0.717, 1.165) is 24.2 Å². The second kappa shape index (κ2) is 6.21. The number of aliphatic hydroxyl groups excluding tert-OH is 1. The molecule has 0 aliphatic carbocycles. The van der Waals surface area contributed by atoms with E-state index in [1.165, 1.54) is 0 Å². The molecule has 1 unspecified atom stereocenters. The van der Waals surface area contributed by atoms with Crippen LogP contribution in [0.25, 0.3) is 0 Å². The van der Waals surface area contributed by atoms with Crippen molar-refractivity contribution < 1.29 is 5.11 Å². The maximum absolute atomic E-state index is 9.48. The van der Waals surface area contributed by atoms with Crippen LogP contribution in [0.1, 0.15) is 24.9 Å². The van der Waals surface area contributed by atoms with Gasteiger partial charge in [0.2, 0.25) is 0 Å².